The molecule has 3 aromatic rings. The molecule has 1 amide bonds. The highest BCUT2D eigenvalue weighted by atomic mass is 35.5. The molecular formula is C20H18ClN3O3. The van der Waals surface area contributed by atoms with Crippen molar-refractivity contribution < 1.29 is 14.3 Å². The van der Waals surface area contributed by atoms with Gasteiger partial charge in [-0.05, 0) is 6.92 Å². The van der Waals surface area contributed by atoms with Crippen molar-refractivity contribution in [2.75, 3.05) is 19.5 Å². The van der Waals surface area contributed by atoms with Crippen LogP contribution in [-0.4, -0.2) is 30.1 Å². The van der Waals surface area contributed by atoms with E-state index in [9.17, 15) is 4.79 Å². The molecule has 0 unspecified atom stereocenters. The molecule has 7 heteroatoms. The van der Waals surface area contributed by atoms with Gasteiger partial charge >= 0.3 is 0 Å². The zero-order valence-electron chi connectivity index (χ0n) is 15.1. The van der Waals surface area contributed by atoms with Gasteiger partial charge in [0.2, 0.25) is 0 Å². The topological polar surface area (TPSA) is 73.3 Å². The normalized spacial score (nSPS) is 10.4. The number of anilines is 1. The quantitative estimate of drug-likeness (QED) is 0.708. The van der Waals surface area contributed by atoms with E-state index >= 15 is 0 Å². The summed E-state index contributed by atoms with van der Waals surface area (Å²) in [5, 5.41) is 3.19. The number of rotatable bonds is 5. The number of halogens is 1. The summed E-state index contributed by atoms with van der Waals surface area (Å²) in [6.45, 7) is 1.77. The minimum Gasteiger partial charge on any atom is -0.495 e. The zero-order valence-corrected chi connectivity index (χ0v) is 15.9. The Morgan fingerprint density at radius 3 is 2.41 bits per heavy atom. The predicted molar refractivity (Wildman–Crippen MR) is 105 cm³/mol. The van der Waals surface area contributed by atoms with Crippen LogP contribution in [0, 0.1) is 6.92 Å². The van der Waals surface area contributed by atoms with Gasteiger partial charge in [0.1, 0.15) is 11.5 Å². The molecule has 0 radical (unpaired) electrons. The van der Waals surface area contributed by atoms with E-state index < -0.39 is 0 Å². The molecule has 1 N–H and O–H groups in total. The van der Waals surface area contributed by atoms with E-state index in [1.807, 2.05) is 30.3 Å². The minimum absolute atomic E-state index is 0.352. The maximum atomic E-state index is 12.7. The molecule has 0 aliphatic rings. The average Bonchev–Trinajstić information content (AvgIpc) is 2.69. The maximum absolute atomic E-state index is 12.7. The van der Waals surface area contributed by atoms with Crippen molar-refractivity contribution in [1.29, 1.82) is 0 Å². The van der Waals surface area contributed by atoms with Gasteiger partial charge in [-0.1, -0.05) is 41.9 Å². The largest absolute Gasteiger partial charge is 0.495 e. The Morgan fingerprint density at radius 2 is 1.78 bits per heavy atom. The van der Waals surface area contributed by atoms with E-state index in [1.165, 1.54) is 20.4 Å². The first-order valence-corrected chi connectivity index (χ1v) is 8.53. The van der Waals surface area contributed by atoms with Gasteiger partial charge in [0, 0.05) is 23.9 Å². The van der Waals surface area contributed by atoms with Gasteiger partial charge in [0.25, 0.3) is 5.91 Å². The highest BCUT2D eigenvalue weighted by molar-refractivity contribution is 6.32. The number of aryl methyl sites for hydroxylation is 1. The second-order valence-electron chi connectivity index (χ2n) is 5.70. The van der Waals surface area contributed by atoms with E-state index in [-0.39, 0.29) is 5.91 Å². The maximum Gasteiger partial charge on any atom is 0.259 e. The van der Waals surface area contributed by atoms with Gasteiger partial charge in [0.15, 0.2) is 5.82 Å². The third-order valence-corrected chi connectivity index (χ3v) is 4.27. The van der Waals surface area contributed by atoms with Crippen LogP contribution in [0.1, 0.15) is 16.1 Å². The van der Waals surface area contributed by atoms with Crippen molar-refractivity contribution in [1.82, 2.24) is 9.97 Å². The highest BCUT2D eigenvalue weighted by Gasteiger charge is 2.17. The van der Waals surface area contributed by atoms with Crippen LogP contribution in [0.5, 0.6) is 11.5 Å². The number of ether oxygens (including phenoxy) is 2. The average molecular weight is 384 g/mol. The smallest absolute Gasteiger partial charge is 0.259 e. The Hall–Kier alpha value is -3.12. The number of nitrogens with zero attached hydrogens (tertiary/aromatic N) is 2. The number of carbonyl (C=O) groups is 1. The van der Waals surface area contributed by atoms with Crippen molar-refractivity contribution in [2.45, 2.75) is 6.92 Å². The molecule has 0 aliphatic heterocycles. The van der Waals surface area contributed by atoms with Crippen molar-refractivity contribution >= 4 is 23.2 Å². The standard InChI is InChI=1S/C20H18ClN3O3/c1-12-14(11-22-19(23-12)13-7-5-4-6-8-13)20(25)24-16-10-17(26-2)15(21)9-18(16)27-3/h4-11H,1-3H3,(H,24,25). The fraction of sp³-hybridized carbons (Fsp3) is 0.150. The van der Waals surface area contributed by atoms with Crippen molar-refractivity contribution in [2.24, 2.45) is 0 Å². The zero-order chi connectivity index (χ0) is 19.4. The van der Waals surface area contributed by atoms with Gasteiger partial charge in [-0.3, -0.25) is 4.79 Å². The van der Waals surface area contributed by atoms with Crippen molar-refractivity contribution in [3.8, 4) is 22.9 Å². The summed E-state index contributed by atoms with van der Waals surface area (Å²) < 4.78 is 10.5. The molecule has 2 aromatic carbocycles. The second kappa shape index (κ2) is 8.05. The fourth-order valence-electron chi connectivity index (χ4n) is 2.56. The van der Waals surface area contributed by atoms with Gasteiger partial charge in [-0.25, -0.2) is 9.97 Å². The Labute approximate surface area is 162 Å². The lowest BCUT2D eigenvalue weighted by Crippen LogP contribution is -2.15. The summed E-state index contributed by atoms with van der Waals surface area (Å²) >= 11 is 6.10. The number of amides is 1. The molecule has 0 atom stereocenters. The number of nitrogens with one attached hydrogen (secondary N) is 1. The van der Waals surface area contributed by atoms with E-state index in [1.54, 1.807) is 19.1 Å². The summed E-state index contributed by atoms with van der Waals surface area (Å²) in [4.78, 5) is 21.5. The SMILES string of the molecule is COc1cc(NC(=O)c2cnc(-c3ccccc3)nc2C)c(OC)cc1Cl. The van der Waals surface area contributed by atoms with Crippen LogP contribution in [0.15, 0.2) is 48.7 Å². The molecule has 0 aliphatic carbocycles. The molecule has 0 bridgehead atoms. The van der Waals surface area contributed by atoms with Crippen LogP contribution < -0.4 is 14.8 Å². The van der Waals surface area contributed by atoms with Crippen molar-refractivity contribution in [3.63, 3.8) is 0 Å². The highest BCUT2D eigenvalue weighted by Crippen LogP contribution is 2.36. The van der Waals surface area contributed by atoms with Gasteiger partial charge in [-0.15, -0.1) is 0 Å². The molecule has 0 saturated heterocycles. The summed E-state index contributed by atoms with van der Waals surface area (Å²) in [5.74, 6) is 1.07. The summed E-state index contributed by atoms with van der Waals surface area (Å²) in [6, 6.07) is 12.8. The Bertz CT molecular complexity index is 978. The monoisotopic (exact) mass is 383 g/mol. The van der Waals surface area contributed by atoms with Crippen LogP contribution in [0.25, 0.3) is 11.4 Å². The fourth-order valence-corrected chi connectivity index (χ4v) is 2.79. The van der Waals surface area contributed by atoms with Crippen molar-refractivity contribution in [3.05, 3.63) is 64.9 Å². The van der Waals surface area contributed by atoms with Gasteiger partial charge < -0.3 is 14.8 Å². The number of hydrogen-bond donors (Lipinski definition) is 1. The minimum atomic E-state index is -0.352. The first-order valence-electron chi connectivity index (χ1n) is 8.15. The lowest BCUT2D eigenvalue weighted by atomic mass is 10.1. The number of benzene rings is 2. The van der Waals surface area contributed by atoms with Crippen LogP contribution in [0.3, 0.4) is 0 Å². The molecule has 138 valence electrons. The van der Waals surface area contributed by atoms with Crippen LogP contribution in [0.4, 0.5) is 5.69 Å². The van der Waals surface area contributed by atoms with Crippen LogP contribution in [0.2, 0.25) is 5.02 Å². The molecule has 0 saturated carbocycles. The van der Waals surface area contributed by atoms with E-state index in [0.29, 0.717) is 39.3 Å². The molecule has 1 aromatic heterocycles. The number of aromatic nitrogens is 2. The van der Waals surface area contributed by atoms with E-state index in [4.69, 9.17) is 21.1 Å². The molecular weight excluding hydrogens is 366 g/mol. The van der Waals surface area contributed by atoms with Gasteiger partial charge in [0.05, 0.1) is 36.2 Å². The molecule has 0 spiro atoms. The van der Waals surface area contributed by atoms with E-state index in [0.717, 1.165) is 5.56 Å². The summed E-state index contributed by atoms with van der Waals surface area (Å²) in [6.07, 6.45) is 1.51. The first-order chi connectivity index (χ1) is 13.0. The molecule has 27 heavy (non-hydrogen) atoms. The lowest BCUT2D eigenvalue weighted by Gasteiger charge is -2.14. The van der Waals surface area contributed by atoms with E-state index in [2.05, 4.69) is 15.3 Å². The Morgan fingerprint density at radius 1 is 1.07 bits per heavy atom. The molecule has 0 fully saturated rings. The predicted octanol–water partition coefficient (Wildman–Crippen LogP) is 4.37. The number of carbonyl (C=O) groups excluding carboxylic acids is 1. The second-order valence-corrected chi connectivity index (χ2v) is 6.11. The molecule has 1 heterocycles. The third-order valence-electron chi connectivity index (χ3n) is 3.98. The van der Waals surface area contributed by atoms with Gasteiger partial charge in [-0.2, -0.15) is 0 Å². The molecule has 6 nitrogen and oxygen atoms in total. The number of hydrogen-bond acceptors (Lipinski definition) is 5. The molecule has 3 rings (SSSR count). The number of methoxy groups -OCH3 is 2. The van der Waals surface area contributed by atoms with Crippen LogP contribution >= 0.6 is 11.6 Å². The summed E-state index contributed by atoms with van der Waals surface area (Å²) in [7, 11) is 3.00. The third kappa shape index (κ3) is 4.01. The summed E-state index contributed by atoms with van der Waals surface area (Å²) in [5.41, 5.74) is 2.26. The van der Waals surface area contributed by atoms with Crippen LogP contribution in [-0.2, 0) is 0 Å². The lowest BCUT2D eigenvalue weighted by molar-refractivity contribution is 0.102. The Kier molecular flexibility index (Phi) is 5.57. The first kappa shape index (κ1) is 18.7. The Balaban J connectivity index is 1.89.